The van der Waals surface area contributed by atoms with Gasteiger partial charge in [-0.15, -0.1) is 0 Å². The van der Waals surface area contributed by atoms with Crippen molar-refractivity contribution in [1.82, 2.24) is 0 Å². The van der Waals surface area contributed by atoms with Crippen molar-refractivity contribution < 1.29 is 14.0 Å². The van der Waals surface area contributed by atoms with E-state index < -0.39 is 5.82 Å². The second-order valence-corrected chi connectivity index (χ2v) is 4.37. The van der Waals surface area contributed by atoms with Gasteiger partial charge in [0, 0.05) is 17.8 Å². The van der Waals surface area contributed by atoms with Crippen LogP contribution in [0.25, 0.3) is 0 Å². The lowest BCUT2D eigenvalue weighted by molar-refractivity contribution is 0.318. The first-order chi connectivity index (χ1) is 10.1. The first kappa shape index (κ1) is 14.8. The predicted molar refractivity (Wildman–Crippen MR) is 78.0 cm³/mol. The Kier molecular flexibility index (Phi) is 4.37. The molecule has 4 nitrogen and oxygen atoms in total. The highest BCUT2D eigenvalue weighted by molar-refractivity contribution is 6.03. The van der Waals surface area contributed by atoms with Crippen LogP contribution in [0, 0.1) is 11.6 Å². The van der Waals surface area contributed by atoms with Crippen molar-refractivity contribution in [1.29, 1.82) is 0 Å². The largest absolute Gasteiger partial charge is 0.409 e. The molecule has 0 heterocycles. The van der Waals surface area contributed by atoms with E-state index in [1.165, 1.54) is 30.3 Å². The van der Waals surface area contributed by atoms with Crippen molar-refractivity contribution in [2.45, 2.75) is 6.92 Å². The van der Waals surface area contributed by atoms with Gasteiger partial charge in [-0.25, -0.2) is 8.78 Å². The number of benzene rings is 2. The van der Waals surface area contributed by atoms with Crippen molar-refractivity contribution in [2.75, 3.05) is 11.4 Å². The highest BCUT2D eigenvalue weighted by atomic mass is 19.1. The number of hydrogen-bond acceptors (Lipinski definition) is 3. The Morgan fingerprint density at radius 3 is 2.33 bits per heavy atom. The van der Waals surface area contributed by atoms with Gasteiger partial charge in [-0.3, -0.25) is 0 Å². The number of nitrogens with two attached hydrogens (primary N) is 1. The Morgan fingerprint density at radius 2 is 1.76 bits per heavy atom. The molecule has 0 amide bonds. The molecule has 0 aliphatic rings. The average Bonchev–Trinajstić information content (AvgIpc) is 2.50. The van der Waals surface area contributed by atoms with Gasteiger partial charge in [0.1, 0.15) is 11.6 Å². The van der Waals surface area contributed by atoms with Gasteiger partial charge in [0.25, 0.3) is 0 Å². The van der Waals surface area contributed by atoms with Gasteiger partial charge >= 0.3 is 0 Å². The van der Waals surface area contributed by atoms with Gasteiger partial charge < -0.3 is 15.8 Å². The average molecular weight is 291 g/mol. The maximum Gasteiger partial charge on any atom is 0.172 e. The topological polar surface area (TPSA) is 61.8 Å². The van der Waals surface area contributed by atoms with E-state index in [2.05, 4.69) is 5.16 Å². The molecule has 2 aromatic carbocycles. The van der Waals surface area contributed by atoms with Crippen LogP contribution in [0.15, 0.2) is 47.6 Å². The zero-order valence-electron chi connectivity index (χ0n) is 11.4. The Morgan fingerprint density at radius 1 is 1.14 bits per heavy atom. The molecule has 0 fully saturated rings. The van der Waals surface area contributed by atoms with E-state index in [0.717, 1.165) is 5.69 Å². The van der Waals surface area contributed by atoms with E-state index in [1.54, 1.807) is 12.1 Å². The molecule has 2 aromatic rings. The van der Waals surface area contributed by atoms with Gasteiger partial charge in [0.15, 0.2) is 5.84 Å². The molecular formula is C15H15F2N3O. The van der Waals surface area contributed by atoms with E-state index in [4.69, 9.17) is 10.9 Å². The van der Waals surface area contributed by atoms with Gasteiger partial charge in [-0.2, -0.15) is 0 Å². The fourth-order valence-corrected chi connectivity index (χ4v) is 2.12. The molecule has 6 heteroatoms. The molecule has 0 radical (unpaired) electrons. The van der Waals surface area contributed by atoms with Crippen LogP contribution in [-0.4, -0.2) is 17.6 Å². The number of rotatable bonds is 4. The normalized spacial score (nSPS) is 11.5. The first-order valence-corrected chi connectivity index (χ1v) is 6.37. The number of anilines is 2. The number of halogens is 2. The SMILES string of the molecule is CCN(c1ccc(F)cc1)c1ccc(F)cc1C(N)=NO. The van der Waals surface area contributed by atoms with Crippen LogP contribution in [0.4, 0.5) is 20.2 Å². The molecule has 0 saturated carbocycles. The third-order valence-corrected chi connectivity index (χ3v) is 3.09. The lowest BCUT2D eigenvalue weighted by Gasteiger charge is -2.25. The van der Waals surface area contributed by atoms with Gasteiger partial charge in [-0.1, -0.05) is 5.16 Å². The van der Waals surface area contributed by atoms with Crippen molar-refractivity contribution in [3.63, 3.8) is 0 Å². The molecule has 0 aliphatic carbocycles. The minimum Gasteiger partial charge on any atom is -0.409 e. The molecule has 0 aliphatic heterocycles. The maximum absolute atomic E-state index is 13.4. The highest BCUT2D eigenvalue weighted by Crippen LogP contribution is 2.29. The number of nitrogens with zero attached hydrogens (tertiary/aromatic N) is 2. The van der Waals surface area contributed by atoms with Crippen molar-refractivity contribution >= 4 is 17.2 Å². The molecule has 0 spiro atoms. The Bertz CT molecular complexity index is 656. The summed E-state index contributed by atoms with van der Waals surface area (Å²) in [6.07, 6.45) is 0. The Labute approximate surface area is 121 Å². The molecule has 21 heavy (non-hydrogen) atoms. The summed E-state index contributed by atoms with van der Waals surface area (Å²) in [6.45, 7) is 2.44. The van der Waals surface area contributed by atoms with Crippen molar-refractivity contribution in [3.05, 3.63) is 59.7 Å². The first-order valence-electron chi connectivity index (χ1n) is 6.37. The lowest BCUT2D eigenvalue weighted by atomic mass is 10.1. The standard InChI is InChI=1S/C15H15F2N3O/c1-2-20(12-6-3-10(16)4-7-12)14-8-5-11(17)9-13(14)15(18)19-21/h3-9,21H,2H2,1H3,(H2,18,19). The molecule has 0 atom stereocenters. The van der Waals surface area contributed by atoms with E-state index >= 15 is 0 Å². The van der Waals surface area contributed by atoms with E-state index in [0.29, 0.717) is 12.2 Å². The maximum atomic E-state index is 13.4. The Hall–Kier alpha value is -2.63. The summed E-state index contributed by atoms with van der Waals surface area (Å²) in [5.41, 5.74) is 7.16. The summed E-state index contributed by atoms with van der Waals surface area (Å²) in [5, 5.41) is 11.8. The number of oxime groups is 1. The van der Waals surface area contributed by atoms with Crippen LogP contribution < -0.4 is 10.6 Å². The number of amidine groups is 1. The molecule has 0 bridgehead atoms. The summed E-state index contributed by atoms with van der Waals surface area (Å²) in [4.78, 5) is 1.81. The molecule has 2 rings (SSSR count). The van der Waals surface area contributed by atoms with Crippen LogP contribution in [0.3, 0.4) is 0 Å². The summed E-state index contributed by atoms with van der Waals surface area (Å²) in [5.74, 6) is -1.02. The fraction of sp³-hybridized carbons (Fsp3) is 0.133. The van der Waals surface area contributed by atoms with Crippen LogP contribution in [-0.2, 0) is 0 Å². The van der Waals surface area contributed by atoms with Gasteiger partial charge in [0.2, 0.25) is 0 Å². The second kappa shape index (κ2) is 6.21. The molecule has 0 unspecified atom stereocenters. The third-order valence-electron chi connectivity index (χ3n) is 3.09. The summed E-state index contributed by atoms with van der Waals surface area (Å²) in [6, 6.07) is 9.91. The van der Waals surface area contributed by atoms with Crippen molar-refractivity contribution in [3.8, 4) is 0 Å². The zero-order valence-corrected chi connectivity index (χ0v) is 11.4. The van der Waals surface area contributed by atoms with E-state index in [1.807, 2.05) is 11.8 Å². The molecular weight excluding hydrogens is 276 g/mol. The summed E-state index contributed by atoms with van der Waals surface area (Å²) < 4.78 is 26.4. The minimum atomic E-state index is -0.490. The summed E-state index contributed by atoms with van der Waals surface area (Å²) in [7, 11) is 0. The van der Waals surface area contributed by atoms with Crippen LogP contribution >= 0.6 is 0 Å². The van der Waals surface area contributed by atoms with Gasteiger partial charge in [-0.05, 0) is 49.4 Å². The van der Waals surface area contributed by atoms with E-state index in [9.17, 15) is 8.78 Å². The molecule has 0 aromatic heterocycles. The predicted octanol–water partition coefficient (Wildman–Crippen LogP) is 3.22. The van der Waals surface area contributed by atoms with Crippen LogP contribution in [0.1, 0.15) is 12.5 Å². The zero-order chi connectivity index (χ0) is 15.4. The lowest BCUT2D eigenvalue weighted by Crippen LogP contribution is -2.22. The van der Waals surface area contributed by atoms with E-state index in [-0.39, 0.29) is 17.2 Å². The highest BCUT2D eigenvalue weighted by Gasteiger charge is 2.15. The molecule has 0 saturated heterocycles. The fourth-order valence-electron chi connectivity index (χ4n) is 2.12. The van der Waals surface area contributed by atoms with Crippen molar-refractivity contribution in [2.24, 2.45) is 10.9 Å². The van der Waals surface area contributed by atoms with Gasteiger partial charge in [0.05, 0.1) is 5.69 Å². The third kappa shape index (κ3) is 3.10. The Balaban J connectivity index is 2.54. The van der Waals surface area contributed by atoms with Crippen LogP contribution in [0.2, 0.25) is 0 Å². The minimum absolute atomic E-state index is 0.190. The van der Waals surface area contributed by atoms with Crippen LogP contribution in [0.5, 0.6) is 0 Å². The molecule has 110 valence electrons. The quantitative estimate of drug-likeness (QED) is 0.393. The molecule has 3 N–H and O–H groups in total. The monoisotopic (exact) mass is 291 g/mol. The smallest absolute Gasteiger partial charge is 0.172 e. The second-order valence-electron chi connectivity index (χ2n) is 4.37. The number of hydrogen-bond donors (Lipinski definition) is 2. The summed E-state index contributed by atoms with van der Waals surface area (Å²) >= 11 is 0.